The number of hydrogen-bond acceptors (Lipinski definition) is 5. The molecule has 1 aromatic rings. The summed E-state index contributed by atoms with van der Waals surface area (Å²) in [6, 6.07) is 0.514. The first-order valence-corrected chi connectivity index (χ1v) is 7.26. The molecular formula is C13H23N3O2S. The zero-order valence-corrected chi connectivity index (χ0v) is 13.0. The van der Waals surface area contributed by atoms with Gasteiger partial charge in [-0.1, -0.05) is 0 Å². The molecule has 0 saturated carbocycles. The lowest BCUT2D eigenvalue weighted by Gasteiger charge is -2.20. The summed E-state index contributed by atoms with van der Waals surface area (Å²) in [5.41, 5.74) is -0.338. The topological polar surface area (TPSA) is 65.5 Å². The van der Waals surface area contributed by atoms with Gasteiger partial charge >= 0.3 is 5.97 Å². The molecule has 0 aliphatic heterocycles. The van der Waals surface area contributed by atoms with Gasteiger partial charge in [-0.05, 0) is 34.7 Å². The van der Waals surface area contributed by atoms with Crippen LogP contribution < -0.4 is 5.32 Å². The van der Waals surface area contributed by atoms with Gasteiger partial charge in [-0.3, -0.25) is 4.79 Å². The highest BCUT2D eigenvalue weighted by Gasteiger charge is 2.32. The predicted octanol–water partition coefficient (Wildman–Crippen LogP) is 2.26. The maximum absolute atomic E-state index is 11.1. The average Bonchev–Trinajstić information content (AvgIpc) is 2.77. The molecule has 0 unspecified atom stereocenters. The van der Waals surface area contributed by atoms with Crippen molar-refractivity contribution >= 4 is 22.4 Å². The average molecular weight is 285 g/mol. The van der Waals surface area contributed by atoms with Crippen LogP contribution in [0, 0.1) is 0 Å². The molecule has 0 amide bonds. The summed E-state index contributed by atoms with van der Waals surface area (Å²) in [4.78, 5) is 17.7. The number of aromatic nitrogens is 1. The summed E-state index contributed by atoms with van der Waals surface area (Å²) in [5, 5.41) is 15.0. The minimum Gasteiger partial charge on any atom is -0.481 e. The number of carbonyl (C=O) groups is 1. The number of rotatable bonds is 7. The van der Waals surface area contributed by atoms with Crippen molar-refractivity contribution in [1.82, 2.24) is 9.88 Å². The molecule has 1 heterocycles. The van der Waals surface area contributed by atoms with Crippen LogP contribution in [0.2, 0.25) is 0 Å². The highest BCUT2D eigenvalue weighted by atomic mass is 32.1. The molecule has 6 heteroatoms. The van der Waals surface area contributed by atoms with Crippen molar-refractivity contribution < 1.29 is 9.90 Å². The maximum atomic E-state index is 11.1. The Hall–Kier alpha value is -1.14. The van der Waals surface area contributed by atoms with Gasteiger partial charge in [0.1, 0.15) is 5.41 Å². The highest BCUT2D eigenvalue weighted by Crippen LogP contribution is 2.27. The van der Waals surface area contributed by atoms with Crippen LogP contribution in [0.5, 0.6) is 0 Å². The second-order valence-corrected chi connectivity index (χ2v) is 6.33. The summed E-state index contributed by atoms with van der Waals surface area (Å²) in [7, 11) is 2.08. The number of hydrogen-bond donors (Lipinski definition) is 2. The van der Waals surface area contributed by atoms with Crippen LogP contribution in [0.4, 0.5) is 5.13 Å². The standard InChI is InChI=1S/C13H23N3O2S/c1-9(2)16(5)7-6-14-12-15-10(8-19-12)13(3,4)11(17)18/h8-9H,6-7H2,1-5H3,(H,14,15)(H,17,18). The molecule has 0 aromatic carbocycles. The fourth-order valence-electron chi connectivity index (χ4n) is 1.35. The molecule has 0 aliphatic carbocycles. The van der Waals surface area contributed by atoms with E-state index in [4.69, 9.17) is 5.11 Å². The van der Waals surface area contributed by atoms with Crippen LogP contribution in [0.25, 0.3) is 0 Å². The summed E-state index contributed by atoms with van der Waals surface area (Å²) >= 11 is 1.45. The van der Waals surface area contributed by atoms with Gasteiger partial charge in [0, 0.05) is 24.5 Å². The first-order chi connectivity index (χ1) is 8.75. The number of nitrogens with one attached hydrogen (secondary N) is 1. The fraction of sp³-hybridized carbons (Fsp3) is 0.692. The molecular weight excluding hydrogens is 262 g/mol. The Morgan fingerprint density at radius 1 is 1.58 bits per heavy atom. The number of anilines is 1. The maximum Gasteiger partial charge on any atom is 0.315 e. The highest BCUT2D eigenvalue weighted by molar-refractivity contribution is 7.13. The lowest BCUT2D eigenvalue weighted by Crippen LogP contribution is -2.31. The molecule has 0 bridgehead atoms. The van der Waals surface area contributed by atoms with Gasteiger partial charge in [0.05, 0.1) is 5.69 Å². The number of thiazole rings is 1. The summed E-state index contributed by atoms with van der Waals surface area (Å²) in [5.74, 6) is -0.858. The number of carboxylic acid groups (broad SMARTS) is 1. The van der Waals surface area contributed by atoms with Crippen LogP contribution in [0.15, 0.2) is 5.38 Å². The molecule has 0 saturated heterocycles. The zero-order chi connectivity index (χ0) is 14.6. The van der Waals surface area contributed by atoms with Crippen molar-refractivity contribution in [2.45, 2.75) is 39.2 Å². The Morgan fingerprint density at radius 2 is 2.21 bits per heavy atom. The van der Waals surface area contributed by atoms with E-state index in [2.05, 4.69) is 36.1 Å². The third kappa shape index (κ3) is 4.18. The summed E-state index contributed by atoms with van der Waals surface area (Å²) in [6.07, 6.45) is 0. The normalized spacial score (nSPS) is 12.2. The third-order valence-electron chi connectivity index (χ3n) is 3.30. The quantitative estimate of drug-likeness (QED) is 0.804. The molecule has 0 radical (unpaired) electrons. The van der Waals surface area contributed by atoms with E-state index in [1.807, 2.05) is 5.38 Å². The molecule has 1 aromatic heterocycles. The first-order valence-electron chi connectivity index (χ1n) is 6.38. The van der Waals surface area contributed by atoms with E-state index >= 15 is 0 Å². The van der Waals surface area contributed by atoms with Crippen molar-refractivity contribution in [2.24, 2.45) is 0 Å². The van der Waals surface area contributed by atoms with Gasteiger partial charge in [0.25, 0.3) is 0 Å². The first kappa shape index (κ1) is 15.9. The molecule has 0 spiro atoms. The minimum absolute atomic E-state index is 0.514. The van der Waals surface area contributed by atoms with Crippen molar-refractivity contribution in [3.63, 3.8) is 0 Å². The predicted molar refractivity (Wildman–Crippen MR) is 79.0 cm³/mol. The third-order valence-corrected chi connectivity index (χ3v) is 4.10. The van der Waals surface area contributed by atoms with Crippen LogP contribution in [-0.4, -0.2) is 47.1 Å². The Bertz CT molecular complexity index is 429. The van der Waals surface area contributed by atoms with Gasteiger partial charge in [-0.15, -0.1) is 11.3 Å². The van der Waals surface area contributed by atoms with Gasteiger partial charge in [0.15, 0.2) is 5.13 Å². The number of likely N-dealkylation sites (N-methyl/N-ethyl adjacent to an activating group) is 1. The van der Waals surface area contributed by atoms with E-state index in [0.29, 0.717) is 11.7 Å². The molecule has 1 rings (SSSR count). The van der Waals surface area contributed by atoms with Gasteiger partial charge in [0.2, 0.25) is 0 Å². The largest absolute Gasteiger partial charge is 0.481 e. The lowest BCUT2D eigenvalue weighted by molar-refractivity contribution is -0.142. The second-order valence-electron chi connectivity index (χ2n) is 5.47. The fourth-order valence-corrected chi connectivity index (χ4v) is 2.26. The minimum atomic E-state index is -0.939. The molecule has 108 valence electrons. The van der Waals surface area contributed by atoms with Crippen LogP contribution >= 0.6 is 11.3 Å². The van der Waals surface area contributed by atoms with Gasteiger partial charge in [-0.25, -0.2) is 4.98 Å². The van der Waals surface area contributed by atoms with Gasteiger partial charge < -0.3 is 15.3 Å². The van der Waals surface area contributed by atoms with Crippen LogP contribution in [0.3, 0.4) is 0 Å². The van der Waals surface area contributed by atoms with E-state index in [1.165, 1.54) is 11.3 Å². The van der Waals surface area contributed by atoms with E-state index in [9.17, 15) is 4.79 Å². The molecule has 19 heavy (non-hydrogen) atoms. The monoisotopic (exact) mass is 285 g/mol. The molecule has 0 aliphatic rings. The van der Waals surface area contributed by atoms with Gasteiger partial charge in [-0.2, -0.15) is 0 Å². The summed E-state index contributed by atoms with van der Waals surface area (Å²) < 4.78 is 0. The summed E-state index contributed by atoms with van der Waals surface area (Å²) in [6.45, 7) is 9.36. The Kier molecular flexibility index (Phi) is 5.31. The number of nitrogens with zero attached hydrogens (tertiary/aromatic N) is 2. The van der Waals surface area contributed by atoms with E-state index in [-0.39, 0.29) is 0 Å². The molecule has 0 fully saturated rings. The Balaban J connectivity index is 2.54. The van der Waals surface area contributed by atoms with Crippen LogP contribution in [-0.2, 0) is 10.2 Å². The SMILES string of the molecule is CC(C)N(C)CCNc1nc(C(C)(C)C(=O)O)cs1. The Labute approximate surface area is 118 Å². The van der Waals surface area contributed by atoms with E-state index in [0.717, 1.165) is 18.2 Å². The molecule has 2 N–H and O–H groups in total. The van der Waals surface area contributed by atoms with E-state index < -0.39 is 11.4 Å². The van der Waals surface area contributed by atoms with Crippen molar-refractivity contribution in [3.8, 4) is 0 Å². The van der Waals surface area contributed by atoms with Crippen molar-refractivity contribution in [2.75, 3.05) is 25.5 Å². The second kappa shape index (κ2) is 6.34. The Morgan fingerprint density at radius 3 is 2.74 bits per heavy atom. The van der Waals surface area contributed by atoms with Crippen molar-refractivity contribution in [1.29, 1.82) is 0 Å². The van der Waals surface area contributed by atoms with E-state index in [1.54, 1.807) is 13.8 Å². The lowest BCUT2D eigenvalue weighted by atomic mass is 9.90. The molecule has 5 nitrogen and oxygen atoms in total. The molecule has 0 atom stereocenters. The number of carboxylic acids is 1. The van der Waals surface area contributed by atoms with Crippen LogP contribution in [0.1, 0.15) is 33.4 Å². The smallest absolute Gasteiger partial charge is 0.315 e. The van der Waals surface area contributed by atoms with Crippen molar-refractivity contribution in [3.05, 3.63) is 11.1 Å². The number of aliphatic carboxylic acids is 1. The zero-order valence-electron chi connectivity index (χ0n) is 12.2.